The molecule has 0 fully saturated rings. The lowest BCUT2D eigenvalue weighted by Crippen LogP contribution is -2.04. The van der Waals surface area contributed by atoms with Gasteiger partial charge in [-0.05, 0) is 42.0 Å². The van der Waals surface area contributed by atoms with Crippen molar-refractivity contribution in [1.82, 2.24) is 0 Å². The van der Waals surface area contributed by atoms with Crippen molar-refractivity contribution in [1.29, 1.82) is 0 Å². The highest BCUT2D eigenvalue weighted by atomic mass is 35.5. The van der Waals surface area contributed by atoms with Gasteiger partial charge in [0, 0.05) is 19.3 Å². The minimum atomic E-state index is 0.0953. The third-order valence-corrected chi connectivity index (χ3v) is 3.22. The molecule has 5 heteroatoms. The van der Waals surface area contributed by atoms with Gasteiger partial charge in [0.2, 0.25) is 0 Å². The molecule has 0 unspecified atom stereocenters. The van der Waals surface area contributed by atoms with Gasteiger partial charge >= 0.3 is 0 Å². The Kier molecular flexibility index (Phi) is 5.72. The molecule has 21 heavy (non-hydrogen) atoms. The number of benzene rings is 2. The number of hydrogen-bond donors (Lipinski definition) is 2. The average molecular weight is 308 g/mol. The van der Waals surface area contributed by atoms with Crippen LogP contribution in [0.5, 0.6) is 11.5 Å². The molecule has 4 nitrogen and oxygen atoms in total. The number of nitrogens with one attached hydrogen (secondary N) is 1. The van der Waals surface area contributed by atoms with Crippen molar-refractivity contribution in [3.8, 4) is 11.5 Å². The molecule has 0 spiro atoms. The maximum atomic E-state index is 9.37. The highest BCUT2D eigenvalue weighted by molar-refractivity contribution is 6.32. The van der Waals surface area contributed by atoms with Crippen molar-refractivity contribution in [3.05, 3.63) is 53.1 Å². The fourth-order valence-electron chi connectivity index (χ4n) is 1.78. The van der Waals surface area contributed by atoms with E-state index in [0.29, 0.717) is 24.8 Å². The smallest absolute Gasteiger partial charge is 0.134 e. The first-order valence-electron chi connectivity index (χ1n) is 6.62. The van der Waals surface area contributed by atoms with Crippen molar-refractivity contribution < 1.29 is 14.6 Å². The van der Waals surface area contributed by atoms with E-state index in [1.807, 2.05) is 30.3 Å². The Morgan fingerprint density at radius 1 is 1.10 bits per heavy atom. The van der Waals surface area contributed by atoms with Crippen LogP contribution in [0.15, 0.2) is 42.5 Å². The molecule has 0 heterocycles. The summed E-state index contributed by atoms with van der Waals surface area (Å²) in [7, 11) is 1.64. The van der Waals surface area contributed by atoms with Crippen molar-refractivity contribution in [2.45, 2.75) is 6.54 Å². The first-order valence-corrected chi connectivity index (χ1v) is 7.00. The molecule has 0 saturated heterocycles. The lowest BCUT2D eigenvalue weighted by atomic mass is 10.2. The summed E-state index contributed by atoms with van der Waals surface area (Å²) in [6.45, 7) is 1.74. The summed E-state index contributed by atoms with van der Waals surface area (Å²) < 4.78 is 10.4. The Hall–Kier alpha value is -1.91. The maximum Gasteiger partial charge on any atom is 0.134 e. The number of halogens is 1. The maximum absolute atomic E-state index is 9.37. The van der Waals surface area contributed by atoms with Crippen LogP contribution in [0.2, 0.25) is 5.02 Å². The minimum Gasteiger partial charge on any atom is -0.506 e. The summed E-state index contributed by atoms with van der Waals surface area (Å²) in [5.74, 6) is 0.906. The van der Waals surface area contributed by atoms with Crippen LogP contribution in [0.3, 0.4) is 0 Å². The second-order valence-corrected chi connectivity index (χ2v) is 4.91. The number of rotatable bonds is 7. The van der Waals surface area contributed by atoms with Crippen LogP contribution in [0.25, 0.3) is 0 Å². The summed E-state index contributed by atoms with van der Waals surface area (Å²) >= 11 is 5.87. The summed E-state index contributed by atoms with van der Waals surface area (Å²) in [4.78, 5) is 0. The monoisotopic (exact) mass is 307 g/mol. The molecular weight excluding hydrogens is 290 g/mol. The van der Waals surface area contributed by atoms with Gasteiger partial charge in [-0.15, -0.1) is 0 Å². The number of methoxy groups -OCH3 is 1. The molecule has 0 aromatic heterocycles. The molecule has 112 valence electrons. The highest BCUT2D eigenvalue weighted by Crippen LogP contribution is 2.24. The van der Waals surface area contributed by atoms with E-state index in [0.717, 1.165) is 17.0 Å². The van der Waals surface area contributed by atoms with Crippen LogP contribution in [-0.4, -0.2) is 25.4 Å². The number of phenolic OH excluding ortho intramolecular Hbond substituents is 1. The van der Waals surface area contributed by atoms with E-state index in [2.05, 4.69) is 5.32 Å². The van der Waals surface area contributed by atoms with Crippen LogP contribution in [0, 0.1) is 0 Å². The Morgan fingerprint density at radius 3 is 2.52 bits per heavy atom. The van der Waals surface area contributed by atoms with Gasteiger partial charge < -0.3 is 19.9 Å². The first-order chi connectivity index (χ1) is 10.2. The zero-order valence-electron chi connectivity index (χ0n) is 11.8. The fraction of sp³-hybridized carbons (Fsp3) is 0.250. The molecule has 0 aliphatic carbocycles. The Morgan fingerprint density at radius 2 is 1.86 bits per heavy atom. The van der Waals surface area contributed by atoms with Gasteiger partial charge in [0.25, 0.3) is 0 Å². The summed E-state index contributed by atoms with van der Waals surface area (Å²) in [5.41, 5.74) is 1.98. The van der Waals surface area contributed by atoms with E-state index in [1.54, 1.807) is 19.2 Å². The quantitative estimate of drug-likeness (QED) is 0.766. The molecule has 0 atom stereocenters. The molecule has 2 aromatic carbocycles. The van der Waals surface area contributed by atoms with Crippen molar-refractivity contribution in [3.63, 3.8) is 0 Å². The largest absolute Gasteiger partial charge is 0.506 e. The molecule has 0 radical (unpaired) electrons. The Bertz CT molecular complexity index is 572. The van der Waals surface area contributed by atoms with E-state index in [-0.39, 0.29) is 5.75 Å². The molecular formula is C16H18ClNO3. The molecule has 0 amide bonds. The third kappa shape index (κ3) is 4.85. The normalized spacial score (nSPS) is 10.4. The summed E-state index contributed by atoms with van der Waals surface area (Å²) in [6.07, 6.45) is 0. The van der Waals surface area contributed by atoms with E-state index in [9.17, 15) is 5.11 Å². The van der Waals surface area contributed by atoms with E-state index in [1.165, 1.54) is 0 Å². The zero-order valence-corrected chi connectivity index (χ0v) is 12.6. The molecule has 0 aliphatic heterocycles. The lowest BCUT2D eigenvalue weighted by molar-refractivity contribution is 0.146. The highest BCUT2D eigenvalue weighted by Gasteiger charge is 2.00. The van der Waals surface area contributed by atoms with Crippen LogP contribution in [0.1, 0.15) is 5.56 Å². The number of anilines is 1. The summed E-state index contributed by atoms with van der Waals surface area (Å²) in [5, 5.41) is 13.0. The van der Waals surface area contributed by atoms with Gasteiger partial charge in [0.15, 0.2) is 0 Å². The number of ether oxygens (including phenoxy) is 2. The predicted octanol–water partition coefficient (Wildman–Crippen LogP) is 3.68. The van der Waals surface area contributed by atoms with Gasteiger partial charge in [0.1, 0.15) is 18.1 Å². The van der Waals surface area contributed by atoms with Crippen LogP contribution in [-0.2, 0) is 11.3 Å². The number of phenols is 1. The van der Waals surface area contributed by atoms with Gasteiger partial charge in [-0.25, -0.2) is 0 Å². The van der Waals surface area contributed by atoms with Crippen molar-refractivity contribution in [2.24, 2.45) is 0 Å². The standard InChI is InChI=1S/C16H18ClNO3/c1-20-8-9-21-14-5-3-13(4-6-14)18-11-12-2-7-16(19)15(17)10-12/h2-7,10,18-19H,8-9,11H2,1H3. The van der Waals surface area contributed by atoms with E-state index < -0.39 is 0 Å². The predicted molar refractivity (Wildman–Crippen MR) is 84.3 cm³/mol. The second kappa shape index (κ2) is 7.76. The SMILES string of the molecule is COCCOc1ccc(NCc2ccc(O)c(Cl)c2)cc1. The Balaban J connectivity index is 1.86. The molecule has 0 aliphatic rings. The minimum absolute atomic E-state index is 0.0953. The topological polar surface area (TPSA) is 50.7 Å². The van der Waals surface area contributed by atoms with Gasteiger partial charge in [-0.2, -0.15) is 0 Å². The average Bonchev–Trinajstić information content (AvgIpc) is 2.50. The van der Waals surface area contributed by atoms with E-state index >= 15 is 0 Å². The van der Waals surface area contributed by atoms with Crippen LogP contribution < -0.4 is 10.1 Å². The molecule has 2 aromatic rings. The van der Waals surface area contributed by atoms with Crippen molar-refractivity contribution >= 4 is 17.3 Å². The van der Waals surface area contributed by atoms with Gasteiger partial charge in [0.05, 0.1) is 11.6 Å². The number of aromatic hydroxyl groups is 1. The van der Waals surface area contributed by atoms with Crippen molar-refractivity contribution in [2.75, 3.05) is 25.6 Å². The molecule has 0 bridgehead atoms. The lowest BCUT2D eigenvalue weighted by Gasteiger charge is -2.09. The van der Waals surface area contributed by atoms with Crippen LogP contribution in [0.4, 0.5) is 5.69 Å². The van der Waals surface area contributed by atoms with Gasteiger partial charge in [-0.1, -0.05) is 17.7 Å². The second-order valence-electron chi connectivity index (χ2n) is 4.50. The van der Waals surface area contributed by atoms with Gasteiger partial charge in [-0.3, -0.25) is 0 Å². The van der Waals surface area contributed by atoms with Crippen LogP contribution >= 0.6 is 11.6 Å². The molecule has 2 rings (SSSR count). The third-order valence-electron chi connectivity index (χ3n) is 2.92. The Labute approximate surface area is 129 Å². The number of hydrogen-bond acceptors (Lipinski definition) is 4. The fourth-order valence-corrected chi connectivity index (χ4v) is 1.98. The molecule has 2 N–H and O–H groups in total. The van der Waals surface area contributed by atoms with E-state index in [4.69, 9.17) is 21.1 Å². The first kappa shape index (κ1) is 15.5. The molecule has 0 saturated carbocycles. The summed E-state index contributed by atoms with van der Waals surface area (Å²) in [6, 6.07) is 12.9. The zero-order chi connectivity index (χ0) is 15.1.